The van der Waals surface area contributed by atoms with Crippen molar-refractivity contribution in [3.05, 3.63) is 29.8 Å². The van der Waals surface area contributed by atoms with Gasteiger partial charge in [-0.1, -0.05) is 12.1 Å². The van der Waals surface area contributed by atoms with Crippen molar-refractivity contribution in [1.29, 1.82) is 0 Å². The van der Waals surface area contributed by atoms with Crippen LogP contribution in [0.1, 0.15) is 12.5 Å². The number of ether oxygens (including phenoxy) is 1. The molecule has 2 rings (SSSR count). The van der Waals surface area contributed by atoms with Crippen molar-refractivity contribution in [3.8, 4) is 0 Å². The number of hydrogen-bond acceptors (Lipinski definition) is 4. The Morgan fingerprint density at radius 2 is 1.95 bits per heavy atom. The Hall–Kier alpha value is -1.55. The summed E-state index contributed by atoms with van der Waals surface area (Å²) in [6.07, 6.45) is 0. The minimum Gasteiger partial charge on any atom is -0.468 e. The van der Waals surface area contributed by atoms with Crippen LogP contribution in [0.25, 0.3) is 0 Å². The SMILES string of the molecule is COC(=O)C(C)N1CCN(c2cccc(C)c2)CC1. The predicted octanol–water partition coefficient (Wildman–Crippen LogP) is 1.68. The van der Waals surface area contributed by atoms with Crippen molar-refractivity contribution in [2.75, 3.05) is 38.2 Å². The molecule has 0 N–H and O–H groups in total. The lowest BCUT2D eigenvalue weighted by molar-refractivity contribution is -0.146. The summed E-state index contributed by atoms with van der Waals surface area (Å²) >= 11 is 0. The first-order valence-electron chi connectivity index (χ1n) is 6.75. The highest BCUT2D eigenvalue weighted by atomic mass is 16.5. The highest BCUT2D eigenvalue weighted by Gasteiger charge is 2.26. The van der Waals surface area contributed by atoms with Gasteiger partial charge < -0.3 is 9.64 Å². The van der Waals surface area contributed by atoms with Crippen LogP contribution in [-0.4, -0.2) is 50.2 Å². The molecule has 0 aromatic heterocycles. The molecule has 4 nitrogen and oxygen atoms in total. The van der Waals surface area contributed by atoms with Gasteiger partial charge in [0.25, 0.3) is 0 Å². The van der Waals surface area contributed by atoms with Crippen molar-refractivity contribution >= 4 is 11.7 Å². The number of rotatable bonds is 3. The fraction of sp³-hybridized carbons (Fsp3) is 0.533. The van der Waals surface area contributed by atoms with Gasteiger partial charge in [-0.2, -0.15) is 0 Å². The van der Waals surface area contributed by atoms with E-state index < -0.39 is 0 Å². The summed E-state index contributed by atoms with van der Waals surface area (Å²) < 4.78 is 4.80. The topological polar surface area (TPSA) is 32.8 Å². The van der Waals surface area contributed by atoms with Crippen LogP contribution in [0.4, 0.5) is 5.69 Å². The van der Waals surface area contributed by atoms with Crippen molar-refractivity contribution < 1.29 is 9.53 Å². The van der Waals surface area contributed by atoms with E-state index >= 15 is 0 Å². The Morgan fingerprint density at radius 1 is 1.26 bits per heavy atom. The van der Waals surface area contributed by atoms with Gasteiger partial charge in [-0.15, -0.1) is 0 Å². The van der Waals surface area contributed by atoms with Crippen molar-refractivity contribution in [2.24, 2.45) is 0 Å². The maximum atomic E-state index is 11.5. The van der Waals surface area contributed by atoms with E-state index in [0.717, 1.165) is 26.2 Å². The first kappa shape index (κ1) is 13.9. The van der Waals surface area contributed by atoms with Crippen LogP contribution in [0, 0.1) is 6.92 Å². The Kier molecular flexibility index (Phi) is 4.43. The van der Waals surface area contributed by atoms with Crippen molar-refractivity contribution in [1.82, 2.24) is 4.90 Å². The number of nitrogens with zero attached hydrogens (tertiary/aromatic N) is 2. The number of hydrogen-bond donors (Lipinski definition) is 0. The highest BCUT2D eigenvalue weighted by molar-refractivity contribution is 5.75. The van der Waals surface area contributed by atoms with Gasteiger partial charge in [-0.05, 0) is 31.5 Å². The number of esters is 1. The van der Waals surface area contributed by atoms with Crippen molar-refractivity contribution in [3.63, 3.8) is 0 Å². The smallest absolute Gasteiger partial charge is 0.322 e. The normalized spacial score (nSPS) is 18.2. The summed E-state index contributed by atoms with van der Waals surface area (Å²) in [6.45, 7) is 7.71. The fourth-order valence-electron chi connectivity index (χ4n) is 2.51. The molecule has 19 heavy (non-hydrogen) atoms. The van der Waals surface area contributed by atoms with Gasteiger partial charge in [0.15, 0.2) is 0 Å². The summed E-state index contributed by atoms with van der Waals surface area (Å²) in [5.41, 5.74) is 2.55. The average molecular weight is 262 g/mol. The molecule has 1 atom stereocenters. The molecule has 0 amide bonds. The number of benzene rings is 1. The summed E-state index contributed by atoms with van der Waals surface area (Å²) in [5.74, 6) is -0.149. The molecular formula is C15H22N2O2. The van der Waals surface area contributed by atoms with E-state index in [0.29, 0.717) is 0 Å². The summed E-state index contributed by atoms with van der Waals surface area (Å²) in [7, 11) is 1.45. The van der Waals surface area contributed by atoms with Crippen LogP contribution in [0.2, 0.25) is 0 Å². The van der Waals surface area contributed by atoms with Crippen LogP contribution >= 0.6 is 0 Å². The Morgan fingerprint density at radius 3 is 2.53 bits per heavy atom. The summed E-state index contributed by atoms with van der Waals surface area (Å²) in [6, 6.07) is 8.41. The van der Waals surface area contributed by atoms with E-state index in [1.54, 1.807) is 0 Å². The third kappa shape index (κ3) is 3.26. The lowest BCUT2D eigenvalue weighted by atomic mass is 10.1. The molecule has 1 heterocycles. The van der Waals surface area contributed by atoms with Crippen molar-refractivity contribution in [2.45, 2.75) is 19.9 Å². The molecule has 1 unspecified atom stereocenters. The molecule has 1 aliphatic rings. The summed E-state index contributed by atoms with van der Waals surface area (Å²) in [4.78, 5) is 16.1. The molecule has 0 radical (unpaired) electrons. The van der Waals surface area contributed by atoms with E-state index in [9.17, 15) is 4.79 Å². The van der Waals surface area contributed by atoms with E-state index in [4.69, 9.17) is 4.74 Å². The molecule has 1 aliphatic heterocycles. The fourth-order valence-corrected chi connectivity index (χ4v) is 2.51. The van der Waals surface area contributed by atoms with Crippen LogP contribution in [0.3, 0.4) is 0 Å². The van der Waals surface area contributed by atoms with Crippen LogP contribution in [-0.2, 0) is 9.53 Å². The first-order valence-corrected chi connectivity index (χ1v) is 6.75. The van der Waals surface area contributed by atoms with Gasteiger partial charge in [0.2, 0.25) is 0 Å². The van der Waals surface area contributed by atoms with Crippen LogP contribution < -0.4 is 4.90 Å². The molecule has 0 saturated carbocycles. The van der Waals surface area contributed by atoms with E-state index in [2.05, 4.69) is 41.0 Å². The average Bonchev–Trinajstić information content (AvgIpc) is 2.46. The number of anilines is 1. The van der Waals surface area contributed by atoms with Gasteiger partial charge >= 0.3 is 5.97 Å². The largest absolute Gasteiger partial charge is 0.468 e. The zero-order chi connectivity index (χ0) is 13.8. The molecule has 0 spiro atoms. The second kappa shape index (κ2) is 6.06. The highest BCUT2D eigenvalue weighted by Crippen LogP contribution is 2.18. The molecule has 1 aromatic carbocycles. The third-order valence-corrected chi connectivity index (χ3v) is 3.77. The number of methoxy groups -OCH3 is 1. The quantitative estimate of drug-likeness (QED) is 0.776. The van der Waals surface area contributed by atoms with Gasteiger partial charge in [-0.25, -0.2) is 0 Å². The van der Waals surface area contributed by atoms with Gasteiger partial charge in [0.1, 0.15) is 6.04 Å². The van der Waals surface area contributed by atoms with E-state index in [1.165, 1.54) is 18.4 Å². The zero-order valence-electron chi connectivity index (χ0n) is 11.9. The lowest BCUT2D eigenvalue weighted by Crippen LogP contribution is -2.52. The second-order valence-electron chi connectivity index (χ2n) is 5.06. The number of carbonyl (C=O) groups excluding carboxylic acids is 1. The van der Waals surface area contributed by atoms with Crippen LogP contribution in [0.15, 0.2) is 24.3 Å². The molecule has 1 saturated heterocycles. The number of aryl methyl sites for hydroxylation is 1. The van der Waals surface area contributed by atoms with E-state index in [-0.39, 0.29) is 12.0 Å². The van der Waals surface area contributed by atoms with Crippen LogP contribution in [0.5, 0.6) is 0 Å². The molecule has 104 valence electrons. The third-order valence-electron chi connectivity index (χ3n) is 3.77. The second-order valence-corrected chi connectivity index (χ2v) is 5.06. The minimum absolute atomic E-state index is 0.148. The Balaban J connectivity index is 1.94. The van der Waals surface area contributed by atoms with Gasteiger partial charge in [0, 0.05) is 31.9 Å². The molecule has 0 aliphatic carbocycles. The maximum Gasteiger partial charge on any atom is 0.322 e. The number of carbonyl (C=O) groups is 1. The molecule has 4 heteroatoms. The Bertz CT molecular complexity index is 440. The predicted molar refractivity (Wildman–Crippen MR) is 76.4 cm³/mol. The molecule has 1 aromatic rings. The molecule has 0 bridgehead atoms. The minimum atomic E-state index is -0.149. The standard InChI is InChI=1S/C15H22N2O2/c1-12-5-4-6-14(11-12)17-9-7-16(8-10-17)13(2)15(18)19-3/h4-6,11,13H,7-10H2,1-3H3. The first-order chi connectivity index (χ1) is 9.11. The monoisotopic (exact) mass is 262 g/mol. The Labute approximate surface area is 115 Å². The lowest BCUT2D eigenvalue weighted by Gasteiger charge is -2.38. The van der Waals surface area contributed by atoms with Gasteiger partial charge in [0.05, 0.1) is 7.11 Å². The van der Waals surface area contributed by atoms with E-state index in [1.807, 2.05) is 6.92 Å². The zero-order valence-corrected chi connectivity index (χ0v) is 11.9. The molecular weight excluding hydrogens is 240 g/mol. The number of piperazine rings is 1. The summed E-state index contributed by atoms with van der Waals surface area (Å²) in [5, 5.41) is 0. The maximum absolute atomic E-state index is 11.5. The van der Waals surface area contributed by atoms with Gasteiger partial charge in [-0.3, -0.25) is 9.69 Å². The molecule has 1 fully saturated rings.